The van der Waals surface area contributed by atoms with Crippen molar-refractivity contribution in [3.8, 4) is 10.7 Å². The number of imidazole rings is 1. The fourth-order valence-electron chi connectivity index (χ4n) is 2.88. The molecule has 1 N–H and O–H groups in total. The number of β-amino-alcohol motifs (C(OH)–C–C–N with tert-alkyl or cyclic N) is 1. The summed E-state index contributed by atoms with van der Waals surface area (Å²) in [7, 11) is 2.11. The van der Waals surface area contributed by atoms with Gasteiger partial charge >= 0.3 is 0 Å². The van der Waals surface area contributed by atoms with E-state index in [9.17, 15) is 5.11 Å². The molecule has 0 aromatic carbocycles. The minimum absolute atomic E-state index is 0. The van der Waals surface area contributed by atoms with Gasteiger partial charge in [-0.15, -0.1) is 23.7 Å². The van der Waals surface area contributed by atoms with Crippen LogP contribution in [0.3, 0.4) is 0 Å². The highest BCUT2D eigenvalue weighted by Gasteiger charge is 2.28. The van der Waals surface area contributed by atoms with Gasteiger partial charge in [-0.05, 0) is 16.9 Å². The number of hydrogen-bond donors (Lipinski definition) is 1. The van der Waals surface area contributed by atoms with E-state index in [0.29, 0.717) is 6.54 Å². The van der Waals surface area contributed by atoms with Gasteiger partial charge in [0.1, 0.15) is 5.82 Å². The van der Waals surface area contributed by atoms with Crippen LogP contribution in [0.5, 0.6) is 0 Å². The lowest BCUT2D eigenvalue weighted by Crippen LogP contribution is -2.42. The Labute approximate surface area is 148 Å². The van der Waals surface area contributed by atoms with E-state index in [1.807, 2.05) is 0 Å². The second-order valence-electron chi connectivity index (χ2n) is 7.23. The topological polar surface area (TPSA) is 41.3 Å². The molecule has 1 atom stereocenters. The molecule has 0 saturated carbocycles. The van der Waals surface area contributed by atoms with E-state index in [1.165, 1.54) is 16.3 Å². The van der Waals surface area contributed by atoms with Gasteiger partial charge in [-0.2, -0.15) is 0 Å². The molecule has 0 radical (unpaired) electrons. The van der Waals surface area contributed by atoms with Crippen LogP contribution in [0.1, 0.15) is 32.2 Å². The van der Waals surface area contributed by atoms with Crippen LogP contribution in [-0.2, 0) is 20.0 Å². The molecule has 4 nitrogen and oxygen atoms in total. The van der Waals surface area contributed by atoms with Crippen molar-refractivity contribution in [2.75, 3.05) is 13.1 Å². The van der Waals surface area contributed by atoms with Gasteiger partial charge in [0.25, 0.3) is 0 Å². The van der Waals surface area contributed by atoms with Crippen LogP contribution in [0, 0.1) is 5.41 Å². The molecular weight excluding hydrogens is 330 g/mol. The molecule has 2 aromatic heterocycles. The van der Waals surface area contributed by atoms with Crippen molar-refractivity contribution in [3.05, 3.63) is 28.9 Å². The highest BCUT2D eigenvalue weighted by Crippen LogP contribution is 2.29. The number of aliphatic hydroxyl groups excluding tert-OH is 1. The molecule has 3 rings (SSSR count). The van der Waals surface area contributed by atoms with Crippen LogP contribution in [-0.4, -0.2) is 38.8 Å². The Morgan fingerprint density at radius 1 is 1.39 bits per heavy atom. The van der Waals surface area contributed by atoms with Gasteiger partial charge in [0.05, 0.1) is 16.7 Å². The van der Waals surface area contributed by atoms with E-state index in [1.54, 1.807) is 11.3 Å². The lowest BCUT2D eigenvalue weighted by atomic mass is 9.88. The molecule has 0 bridgehead atoms. The number of halogens is 1. The summed E-state index contributed by atoms with van der Waals surface area (Å²) in [4.78, 5) is 8.41. The lowest BCUT2D eigenvalue weighted by Gasteiger charge is -2.33. The van der Waals surface area contributed by atoms with Crippen LogP contribution in [0.15, 0.2) is 17.5 Å². The molecule has 0 fully saturated rings. The monoisotopic (exact) mass is 355 g/mol. The molecule has 0 saturated heterocycles. The first kappa shape index (κ1) is 18.5. The average Bonchev–Trinajstić information content (AvgIpc) is 3.06. The van der Waals surface area contributed by atoms with E-state index in [0.717, 1.165) is 25.3 Å². The first-order chi connectivity index (χ1) is 10.4. The van der Waals surface area contributed by atoms with E-state index in [-0.39, 0.29) is 23.9 Å². The van der Waals surface area contributed by atoms with Gasteiger partial charge in [0, 0.05) is 38.8 Å². The van der Waals surface area contributed by atoms with Crippen molar-refractivity contribution in [2.45, 2.75) is 39.8 Å². The third-order valence-electron chi connectivity index (χ3n) is 4.51. The molecule has 128 valence electrons. The van der Waals surface area contributed by atoms with Gasteiger partial charge in [0.2, 0.25) is 0 Å². The lowest BCUT2D eigenvalue weighted by molar-refractivity contribution is 0.0242. The van der Waals surface area contributed by atoms with Gasteiger partial charge in [-0.25, -0.2) is 4.98 Å². The zero-order valence-electron chi connectivity index (χ0n) is 14.2. The molecular formula is C17H26ClN3OS. The molecule has 2 aromatic rings. The maximum Gasteiger partial charge on any atom is 0.150 e. The molecule has 0 spiro atoms. The Kier molecular flexibility index (Phi) is 5.56. The second kappa shape index (κ2) is 6.93. The Balaban J connectivity index is 0.00000192. The maximum absolute atomic E-state index is 10.3. The first-order valence-corrected chi connectivity index (χ1v) is 8.73. The molecule has 0 aliphatic carbocycles. The average molecular weight is 356 g/mol. The number of fused-ring (bicyclic) bond motifs is 1. The molecule has 3 heterocycles. The van der Waals surface area contributed by atoms with Crippen molar-refractivity contribution in [3.63, 3.8) is 0 Å². The highest BCUT2D eigenvalue weighted by atomic mass is 35.5. The van der Waals surface area contributed by atoms with Crippen LogP contribution in [0.2, 0.25) is 0 Å². The Hall–Kier alpha value is -0.880. The van der Waals surface area contributed by atoms with Gasteiger partial charge in [-0.3, -0.25) is 4.90 Å². The number of aliphatic hydroxyl groups is 1. The molecule has 23 heavy (non-hydrogen) atoms. The first-order valence-electron chi connectivity index (χ1n) is 7.85. The van der Waals surface area contributed by atoms with Gasteiger partial charge < -0.3 is 9.67 Å². The third kappa shape index (κ3) is 3.79. The Morgan fingerprint density at radius 3 is 2.74 bits per heavy atom. The van der Waals surface area contributed by atoms with Crippen molar-refractivity contribution in [2.24, 2.45) is 12.5 Å². The Bertz CT molecular complexity index is 646. The van der Waals surface area contributed by atoms with Gasteiger partial charge in [0.15, 0.2) is 0 Å². The number of aromatic nitrogens is 2. The van der Waals surface area contributed by atoms with Crippen molar-refractivity contribution in [1.29, 1.82) is 0 Å². The molecule has 0 amide bonds. The fourth-order valence-corrected chi connectivity index (χ4v) is 3.63. The summed E-state index contributed by atoms with van der Waals surface area (Å²) < 4.78 is 2.23. The quantitative estimate of drug-likeness (QED) is 0.918. The largest absolute Gasteiger partial charge is 0.391 e. The fraction of sp³-hybridized carbons (Fsp3) is 0.588. The van der Waals surface area contributed by atoms with E-state index >= 15 is 0 Å². The van der Waals surface area contributed by atoms with Crippen molar-refractivity contribution in [1.82, 2.24) is 14.5 Å². The molecule has 6 heteroatoms. The van der Waals surface area contributed by atoms with Crippen molar-refractivity contribution >= 4 is 23.7 Å². The summed E-state index contributed by atoms with van der Waals surface area (Å²) in [6, 6.07) is 4.19. The molecule has 1 aliphatic heterocycles. The summed E-state index contributed by atoms with van der Waals surface area (Å²) in [5.74, 6) is 1.07. The number of thiophene rings is 1. The summed E-state index contributed by atoms with van der Waals surface area (Å²) in [5.41, 5.74) is 2.43. The number of hydrogen-bond acceptors (Lipinski definition) is 4. The zero-order valence-corrected chi connectivity index (χ0v) is 15.9. The van der Waals surface area contributed by atoms with E-state index in [2.05, 4.69) is 54.8 Å². The predicted octanol–water partition coefficient (Wildman–Crippen LogP) is 3.34. The van der Waals surface area contributed by atoms with Crippen LogP contribution >= 0.6 is 23.7 Å². The standard InChI is InChI=1S/C17H25N3OS.ClH/c1-17(2,3)15(21)11-20-8-7-13-12(10-20)18-16(19(13)4)14-6-5-9-22-14;/h5-6,9,15,21H,7-8,10-11H2,1-4H3;1H. The number of nitrogens with zero attached hydrogens (tertiary/aromatic N) is 3. The number of rotatable bonds is 3. The maximum atomic E-state index is 10.3. The predicted molar refractivity (Wildman–Crippen MR) is 98.2 cm³/mol. The second-order valence-corrected chi connectivity index (χ2v) is 8.18. The molecule has 1 unspecified atom stereocenters. The molecule has 1 aliphatic rings. The Morgan fingerprint density at radius 2 is 2.13 bits per heavy atom. The summed E-state index contributed by atoms with van der Waals surface area (Å²) >= 11 is 1.73. The van der Waals surface area contributed by atoms with E-state index in [4.69, 9.17) is 4.98 Å². The normalized spacial score (nSPS) is 16.7. The smallest absolute Gasteiger partial charge is 0.150 e. The minimum Gasteiger partial charge on any atom is -0.391 e. The third-order valence-corrected chi connectivity index (χ3v) is 5.37. The van der Waals surface area contributed by atoms with E-state index < -0.39 is 0 Å². The van der Waals surface area contributed by atoms with Crippen molar-refractivity contribution < 1.29 is 5.11 Å². The van der Waals surface area contributed by atoms with Gasteiger partial charge in [-0.1, -0.05) is 26.8 Å². The zero-order chi connectivity index (χ0) is 15.9. The summed E-state index contributed by atoms with van der Waals surface area (Å²) in [6.07, 6.45) is 0.690. The summed E-state index contributed by atoms with van der Waals surface area (Å²) in [6.45, 7) is 8.80. The van der Waals surface area contributed by atoms with Crippen LogP contribution < -0.4 is 0 Å². The minimum atomic E-state index is -0.311. The highest BCUT2D eigenvalue weighted by molar-refractivity contribution is 7.13. The van der Waals surface area contributed by atoms with Crippen LogP contribution in [0.25, 0.3) is 10.7 Å². The summed E-state index contributed by atoms with van der Waals surface area (Å²) in [5, 5.41) is 12.4. The SMILES string of the molecule is Cl.Cn1c(-c2cccs2)nc2c1CCN(CC(O)C(C)(C)C)C2. The van der Waals surface area contributed by atoms with Crippen LogP contribution in [0.4, 0.5) is 0 Å².